The van der Waals surface area contributed by atoms with Gasteiger partial charge < -0.3 is 26.0 Å². The van der Waals surface area contributed by atoms with Gasteiger partial charge in [-0.3, -0.25) is 0 Å². The van der Waals surface area contributed by atoms with E-state index < -0.39 is 11.6 Å². The molecule has 2 N–H and O–H groups in total. The third-order valence-corrected chi connectivity index (χ3v) is 7.03. The molecule has 0 amide bonds. The first-order chi connectivity index (χ1) is 17.8. The average Bonchev–Trinajstić information content (AvgIpc) is 2.91. The molecule has 0 unspecified atom stereocenters. The molecule has 9 heteroatoms. The van der Waals surface area contributed by atoms with Gasteiger partial charge in [0.1, 0.15) is 17.2 Å². The van der Waals surface area contributed by atoms with Crippen LogP contribution in [0.1, 0.15) is 42.2 Å². The summed E-state index contributed by atoms with van der Waals surface area (Å²) in [5, 5.41) is 21.1. The van der Waals surface area contributed by atoms with Gasteiger partial charge in [0.2, 0.25) is 0 Å². The summed E-state index contributed by atoms with van der Waals surface area (Å²) in [4.78, 5) is 13.4. The zero-order chi connectivity index (χ0) is 26.4. The number of carbonyl (C=O) groups is 1. The maximum atomic E-state index is 13.6. The number of aliphatic hydroxyl groups is 1. The van der Waals surface area contributed by atoms with Crippen LogP contribution in [0.25, 0.3) is 0 Å². The Labute approximate surface area is 245 Å². The van der Waals surface area contributed by atoms with Crippen molar-refractivity contribution in [2.45, 2.75) is 24.9 Å². The normalized spacial score (nSPS) is 14.5. The first-order valence-electron chi connectivity index (χ1n) is 12.3. The van der Waals surface area contributed by atoms with Crippen molar-refractivity contribution in [2.75, 3.05) is 33.4 Å². The molecule has 1 aliphatic rings. The van der Waals surface area contributed by atoms with E-state index in [2.05, 4.69) is 4.90 Å². The molecule has 0 aliphatic carbocycles. The van der Waals surface area contributed by atoms with Gasteiger partial charge in [-0.25, -0.2) is 13.6 Å². The number of aromatic carboxylic acids is 1. The Morgan fingerprint density at radius 2 is 1.53 bits per heavy atom. The van der Waals surface area contributed by atoms with E-state index in [1.54, 1.807) is 30.3 Å². The van der Waals surface area contributed by atoms with Crippen LogP contribution in [-0.2, 0) is 5.60 Å². The minimum absolute atomic E-state index is 0. The Hall–Kier alpha value is -2.49. The number of hydrogen-bond acceptors (Lipinski definition) is 5. The number of rotatable bonds is 10. The zero-order valence-corrected chi connectivity index (χ0v) is 23.7. The second kappa shape index (κ2) is 13.5. The number of methoxy groups -OCH3 is 1. The molecule has 6 nitrogen and oxygen atoms in total. The summed E-state index contributed by atoms with van der Waals surface area (Å²) in [6, 6.07) is 16.2. The van der Waals surface area contributed by atoms with E-state index in [0.717, 1.165) is 38.9 Å². The van der Waals surface area contributed by atoms with Gasteiger partial charge in [0, 0.05) is 6.54 Å². The van der Waals surface area contributed by atoms with Gasteiger partial charge in [-0.2, -0.15) is 0 Å². The molecule has 0 spiro atoms. The second-order valence-corrected chi connectivity index (χ2v) is 9.27. The van der Waals surface area contributed by atoms with Crippen molar-refractivity contribution in [3.8, 4) is 11.5 Å². The van der Waals surface area contributed by atoms with Crippen LogP contribution in [0.3, 0.4) is 0 Å². The van der Waals surface area contributed by atoms with Crippen molar-refractivity contribution in [1.29, 1.82) is 0 Å². The van der Waals surface area contributed by atoms with E-state index >= 15 is 0 Å². The summed E-state index contributed by atoms with van der Waals surface area (Å²) in [6.45, 7) is 2.78. The maximum absolute atomic E-state index is 13.6. The van der Waals surface area contributed by atoms with Crippen LogP contribution >= 0.6 is 0 Å². The fourth-order valence-corrected chi connectivity index (χ4v) is 5.01. The summed E-state index contributed by atoms with van der Waals surface area (Å²) >= 11 is 0. The van der Waals surface area contributed by atoms with E-state index in [4.69, 9.17) is 14.6 Å². The Balaban J connectivity index is 0.00000267. The molecule has 1 heterocycles. The number of hydrogen-bond donors (Lipinski definition) is 2. The molecule has 3 aromatic rings. The number of piperidine rings is 1. The number of nitrogens with zero attached hydrogens (tertiary/aromatic N) is 1. The summed E-state index contributed by atoms with van der Waals surface area (Å²) < 4.78 is 38.3. The minimum Gasteiger partial charge on any atom is -1.00 e. The molecule has 1 fully saturated rings. The van der Waals surface area contributed by atoms with E-state index in [1.807, 2.05) is 0 Å². The van der Waals surface area contributed by atoms with Crippen LogP contribution in [0.15, 0.2) is 66.7 Å². The van der Waals surface area contributed by atoms with E-state index in [9.17, 15) is 18.7 Å². The second-order valence-electron chi connectivity index (χ2n) is 9.27. The smallest absolute Gasteiger partial charge is 1.00 e. The molecule has 4 rings (SSSR count). The Bertz CT molecular complexity index is 1160. The van der Waals surface area contributed by atoms with Crippen LogP contribution in [0.4, 0.5) is 8.78 Å². The molecule has 1 aliphatic heterocycles. The molecule has 1 saturated heterocycles. The fourth-order valence-electron chi connectivity index (χ4n) is 5.01. The molecule has 198 valence electrons. The third kappa shape index (κ3) is 6.93. The number of ether oxygens (including phenoxy) is 2. The van der Waals surface area contributed by atoms with Crippen LogP contribution in [0.5, 0.6) is 11.5 Å². The predicted molar refractivity (Wildman–Crippen MR) is 136 cm³/mol. The first kappa shape index (κ1) is 30.1. The molecule has 38 heavy (non-hydrogen) atoms. The first-order valence-corrected chi connectivity index (χ1v) is 12.3. The van der Waals surface area contributed by atoms with Crippen LogP contribution < -0.4 is 39.0 Å². The monoisotopic (exact) mass is 535 g/mol. The van der Waals surface area contributed by atoms with Crippen molar-refractivity contribution < 1.29 is 64.2 Å². The number of likely N-dealkylation sites (tertiary alicyclic amines) is 1. The van der Waals surface area contributed by atoms with Gasteiger partial charge in [0.25, 0.3) is 0 Å². The predicted octanol–water partition coefficient (Wildman–Crippen LogP) is 2.21. The van der Waals surface area contributed by atoms with Crippen molar-refractivity contribution >= 4 is 5.97 Å². The van der Waals surface area contributed by atoms with Gasteiger partial charge in [-0.05, 0) is 91.9 Å². The number of carboxylic acids is 1. The zero-order valence-electron chi connectivity index (χ0n) is 22.7. The Morgan fingerprint density at radius 3 is 2.03 bits per heavy atom. The van der Waals surface area contributed by atoms with Crippen molar-refractivity contribution in [3.63, 3.8) is 0 Å². The van der Waals surface area contributed by atoms with Crippen molar-refractivity contribution in [1.82, 2.24) is 4.90 Å². The molecule has 0 bridgehead atoms. The van der Waals surface area contributed by atoms with E-state index in [0.29, 0.717) is 29.2 Å². The van der Waals surface area contributed by atoms with E-state index in [-0.39, 0.29) is 54.1 Å². The molecule has 0 aromatic heterocycles. The Kier molecular flexibility index (Phi) is 10.7. The van der Waals surface area contributed by atoms with Crippen molar-refractivity contribution in [2.24, 2.45) is 5.92 Å². The fraction of sp³-hybridized carbons (Fsp3) is 0.345. The topological polar surface area (TPSA) is 79.2 Å². The summed E-state index contributed by atoms with van der Waals surface area (Å²) in [5.41, 5.74) is -0.0336. The molecule has 0 saturated carbocycles. The van der Waals surface area contributed by atoms with E-state index in [1.165, 1.54) is 43.5 Å². The summed E-state index contributed by atoms with van der Waals surface area (Å²) in [7, 11) is 1.47. The van der Waals surface area contributed by atoms with Gasteiger partial charge in [0.05, 0.1) is 19.3 Å². The standard InChI is InChI=1S/C29H31F2NO5.Na.H/c1-36-27-19-20(28(33)34)3-12-26(27)37-18-2-15-32-16-13-23(14-17-32)29(35,21-4-8-24(30)9-5-21)22-6-10-25(31)11-7-22;;/h3-12,19,23,35H,2,13-18H2,1H3,(H,33,34);;/q;+1;-1. The number of halogens is 2. The van der Waals surface area contributed by atoms with Crippen LogP contribution in [0.2, 0.25) is 0 Å². The maximum Gasteiger partial charge on any atom is 1.00 e. The molecule has 0 atom stereocenters. The Morgan fingerprint density at radius 1 is 0.974 bits per heavy atom. The molecule has 0 radical (unpaired) electrons. The molecule has 3 aromatic carbocycles. The van der Waals surface area contributed by atoms with Gasteiger partial charge in [0.15, 0.2) is 11.5 Å². The molecular weight excluding hydrogens is 503 g/mol. The minimum atomic E-state index is -1.35. The number of carboxylic acid groups (broad SMARTS) is 1. The SMILES string of the molecule is COc1cc(C(=O)O)ccc1OCCCN1CCC(C(O)(c2ccc(F)cc2)c2ccc(F)cc2)CC1.[H-].[Na+]. The van der Waals surface area contributed by atoms with Gasteiger partial charge in [-0.1, -0.05) is 24.3 Å². The van der Waals surface area contributed by atoms with Gasteiger partial charge in [-0.15, -0.1) is 0 Å². The molecular formula is C29H32F2NNaO5. The van der Waals surface area contributed by atoms with Crippen LogP contribution in [0, 0.1) is 17.6 Å². The number of benzene rings is 3. The van der Waals surface area contributed by atoms with Crippen molar-refractivity contribution in [3.05, 3.63) is 95.1 Å². The van der Waals surface area contributed by atoms with Gasteiger partial charge >= 0.3 is 35.5 Å². The summed E-state index contributed by atoms with van der Waals surface area (Å²) in [5.74, 6) is -1.03. The third-order valence-electron chi connectivity index (χ3n) is 7.03. The quantitative estimate of drug-likeness (QED) is 0.306. The summed E-state index contributed by atoms with van der Waals surface area (Å²) in [6.07, 6.45) is 2.20. The van der Waals surface area contributed by atoms with Crippen LogP contribution in [-0.4, -0.2) is 54.4 Å². The average molecular weight is 536 g/mol. The largest absolute Gasteiger partial charge is 1.00 e.